The van der Waals surface area contributed by atoms with Gasteiger partial charge in [0.15, 0.2) is 0 Å². The van der Waals surface area contributed by atoms with Gasteiger partial charge in [0.2, 0.25) is 15.3 Å². The monoisotopic (exact) mass is 303 g/mol. The second-order valence-electron chi connectivity index (χ2n) is 4.95. The van der Waals surface area contributed by atoms with Crippen molar-refractivity contribution in [2.75, 3.05) is 0 Å². The van der Waals surface area contributed by atoms with Crippen molar-refractivity contribution < 1.29 is 8.42 Å². The van der Waals surface area contributed by atoms with Crippen molar-refractivity contribution in [2.45, 2.75) is 50.0 Å². The van der Waals surface area contributed by atoms with Crippen LogP contribution in [0.25, 0.3) is 0 Å². The molecule has 1 saturated carbocycles. The van der Waals surface area contributed by atoms with Crippen LogP contribution in [-0.2, 0) is 10.0 Å². The average Bonchev–Trinajstić information content (AvgIpc) is 2.39. The molecule has 1 aliphatic rings. The molecule has 106 valence electrons. The summed E-state index contributed by atoms with van der Waals surface area (Å²) < 4.78 is 27.1. The normalized spacial score (nSPS) is 24.3. The van der Waals surface area contributed by atoms with Gasteiger partial charge in [0.1, 0.15) is 4.90 Å². The van der Waals surface area contributed by atoms with Gasteiger partial charge in [-0.15, -0.1) is 0 Å². The van der Waals surface area contributed by atoms with E-state index in [2.05, 4.69) is 21.6 Å². The van der Waals surface area contributed by atoms with E-state index in [-0.39, 0.29) is 16.2 Å². The van der Waals surface area contributed by atoms with E-state index in [1.807, 2.05) is 0 Å². The first-order valence-corrected chi connectivity index (χ1v) is 8.37. The van der Waals surface area contributed by atoms with Crippen molar-refractivity contribution in [1.82, 2.24) is 14.7 Å². The van der Waals surface area contributed by atoms with Gasteiger partial charge in [-0.2, -0.15) is 0 Å². The Morgan fingerprint density at radius 3 is 2.68 bits per heavy atom. The Labute approximate surface area is 118 Å². The van der Waals surface area contributed by atoms with Crippen LogP contribution >= 0.6 is 11.6 Å². The molecule has 0 amide bonds. The minimum atomic E-state index is -3.54. The van der Waals surface area contributed by atoms with E-state index < -0.39 is 10.0 Å². The van der Waals surface area contributed by atoms with Gasteiger partial charge in [0.05, 0.1) is 12.4 Å². The summed E-state index contributed by atoms with van der Waals surface area (Å²) in [6.45, 7) is 2.15. The maximum atomic E-state index is 12.2. The highest BCUT2D eigenvalue weighted by atomic mass is 35.5. The molecule has 1 aromatic rings. The van der Waals surface area contributed by atoms with Gasteiger partial charge in [-0.3, -0.25) is 0 Å². The van der Waals surface area contributed by atoms with Crippen LogP contribution in [0.15, 0.2) is 17.3 Å². The number of hydrogen-bond donors (Lipinski definition) is 1. The number of rotatable bonds is 4. The molecule has 7 heteroatoms. The van der Waals surface area contributed by atoms with E-state index in [1.54, 1.807) is 0 Å². The number of nitrogens with one attached hydrogen (secondary N) is 1. The summed E-state index contributed by atoms with van der Waals surface area (Å²) in [6.07, 6.45) is 7.63. The summed E-state index contributed by atoms with van der Waals surface area (Å²) in [5.74, 6) is 0.614. The van der Waals surface area contributed by atoms with Gasteiger partial charge in [-0.1, -0.05) is 26.2 Å². The lowest BCUT2D eigenvalue weighted by molar-refractivity contribution is 0.301. The van der Waals surface area contributed by atoms with E-state index in [4.69, 9.17) is 11.6 Å². The smallest absolute Gasteiger partial charge is 0.225 e. The first-order valence-electron chi connectivity index (χ1n) is 6.51. The molecule has 0 saturated heterocycles. The van der Waals surface area contributed by atoms with Crippen molar-refractivity contribution in [3.63, 3.8) is 0 Å². The number of aromatic nitrogens is 2. The zero-order valence-corrected chi connectivity index (χ0v) is 12.4. The molecule has 2 unspecified atom stereocenters. The molecule has 0 aliphatic heterocycles. The molecule has 1 heterocycles. The van der Waals surface area contributed by atoms with Gasteiger partial charge in [0.25, 0.3) is 0 Å². The molecule has 0 bridgehead atoms. The fourth-order valence-corrected chi connectivity index (χ4v) is 3.77. The van der Waals surface area contributed by atoms with E-state index in [1.165, 1.54) is 18.8 Å². The zero-order chi connectivity index (χ0) is 13.9. The maximum Gasteiger partial charge on any atom is 0.243 e. The van der Waals surface area contributed by atoms with Crippen molar-refractivity contribution in [3.8, 4) is 0 Å². The number of halogens is 1. The lowest BCUT2D eigenvalue weighted by Gasteiger charge is -2.28. The minimum Gasteiger partial charge on any atom is -0.225 e. The quantitative estimate of drug-likeness (QED) is 0.867. The third-order valence-electron chi connectivity index (χ3n) is 3.59. The van der Waals surface area contributed by atoms with Gasteiger partial charge in [0, 0.05) is 6.04 Å². The van der Waals surface area contributed by atoms with Crippen molar-refractivity contribution >= 4 is 21.6 Å². The molecule has 1 aliphatic carbocycles. The second kappa shape index (κ2) is 6.15. The van der Waals surface area contributed by atoms with Crippen molar-refractivity contribution in [1.29, 1.82) is 0 Å². The molecule has 5 nitrogen and oxygen atoms in total. The molecule has 1 fully saturated rings. The summed E-state index contributed by atoms with van der Waals surface area (Å²) in [7, 11) is -3.54. The molecule has 0 spiro atoms. The highest BCUT2D eigenvalue weighted by Crippen LogP contribution is 2.27. The van der Waals surface area contributed by atoms with Crippen LogP contribution in [0.1, 0.15) is 39.0 Å². The molecular formula is C12H18ClN3O2S. The molecule has 2 atom stereocenters. The minimum absolute atomic E-state index is 0.0133. The van der Waals surface area contributed by atoms with Crippen LogP contribution in [0.3, 0.4) is 0 Å². The third kappa shape index (κ3) is 3.87. The Kier molecular flexibility index (Phi) is 4.76. The number of hydrogen-bond acceptors (Lipinski definition) is 4. The fourth-order valence-electron chi connectivity index (χ4n) is 2.50. The summed E-state index contributed by atoms with van der Waals surface area (Å²) >= 11 is 5.55. The highest BCUT2D eigenvalue weighted by molar-refractivity contribution is 7.89. The SMILES string of the molecule is CCC1CCCC(NS(=O)(=O)c2cnc(Cl)nc2)C1. The van der Waals surface area contributed by atoms with Crippen LogP contribution < -0.4 is 4.72 Å². The van der Waals surface area contributed by atoms with E-state index in [0.717, 1.165) is 25.7 Å². The predicted octanol–water partition coefficient (Wildman–Crippen LogP) is 2.38. The fraction of sp³-hybridized carbons (Fsp3) is 0.667. The Morgan fingerprint density at radius 1 is 1.37 bits per heavy atom. The van der Waals surface area contributed by atoms with Crippen LogP contribution in [0.5, 0.6) is 0 Å². The first kappa shape index (κ1) is 14.7. The molecule has 2 rings (SSSR count). The Balaban J connectivity index is 2.06. The highest BCUT2D eigenvalue weighted by Gasteiger charge is 2.26. The van der Waals surface area contributed by atoms with Crippen molar-refractivity contribution in [2.24, 2.45) is 5.92 Å². The zero-order valence-electron chi connectivity index (χ0n) is 10.8. The van der Waals surface area contributed by atoms with Gasteiger partial charge >= 0.3 is 0 Å². The van der Waals surface area contributed by atoms with Crippen LogP contribution in [0, 0.1) is 5.92 Å². The summed E-state index contributed by atoms with van der Waals surface area (Å²) in [5, 5.41) is 0.0441. The molecular weight excluding hydrogens is 286 g/mol. The topological polar surface area (TPSA) is 72.0 Å². The maximum absolute atomic E-state index is 12.2. The molecule has 1 aromatic heterocycles. The molecule has 0 radical (unpaired) electrons. The Hall–Kier alpha value is -0.720. The van der Waals surface area contributed by atoms with Gasteiger partial charge in [-0.25, -0.2) is 23.1 Å². The van der Waals surface area contributed by atoms with E-state index in [0.29, 0.717) is 5.92 Å². The van der Waals surface area contributed by atoms with Gasteiger partial charge in [-0.05, 0) is 30.4 Å². The first-order chi connectivity index (χ1) is 9.01. The number of nitrogens with zero attached hydrogens (tertiary/aromatic N) is 2. The second-order valence-corrected chi connectivity index (χ2v) is 7.00. The van der Waals surface area contributed by atoms with E-state index in [9.17, 15) is 8.42 Å². The lowest BCUT2D eigenvalue weighted by Crippen LogP contribution is -2.38. The Morgan fingerprint density at radius 2 is 2.05 bits per heavy atom. The van der Waals surface area contributed by atoms with Gasteiger partial charge < -0.3 is 0 Å². The van der Waals surface area contributed by atoms with E-state index >= 15 is 0 Å². The third-order valence-corrected chi connectivity index (χ3v) is 5.26. The summed E-state index contributed by atoms with van der Waals surface area (Å²) in [4.78, 5) is 7.47. The Bertz CT molecular complexity index is 518. The molecule has 1 N–H and O–H groups in total. The van der Waals surface area contributed by atoms with Crippen LogP contribution in [-0.4, -0.2) is 24.4 Å². The van der Waals surface area contributed by atoms with Crippen LogP contribution in [0.4, 0.5) is 0 Å². The molecule has 19 heavy (non-hydrogen) atoms. The largest absolute Gasteiger partial charge is 0.243 e. The number of sulfonamides is 1. The van der Waals surface area contributed by atoms with Crippen LogP contribution in [0.2, 0.25) is 5.28 Å². The summed E-state index contributed by atoms with van der Waals surface area (Å²) in [6, 6.07) is 0.0133. The summed E-state index contributed by atoms with van der Waals surface area (Å²) in [5.41, 5.74) is 0. The lowest BCUT2D eigenvalue weighted by atomic mass is 9.85. The standard InChI is InChI=1S/C12H18ClN3O2S/c1-2-9-4-3-5-10(6-9)16-19(17,18)11-7-14-12(13)15-8-11/h7-10,16H,2-6H2,1H3. The average molecular weight is 304 g/mol. The van der Waals surface area contributed by atoms with Crippen molar-refractivity contribution in [3.05, 3.63) is 17.7 Å². The molecule has 0 aromatic carbocycles. The predicted molar refractivity (Wildman–Crippen MR) is 73.4 cm³/mol.